The number of alkyl halides is 1. The second-order valence-corrected chi connectivity index (χ2v) is 12.7. The van der Waals surface area contributed by atoms with Gasteiger partial charge in [-0.1, -0.05) is 133 Å². The van der Waals surface area contributed by atoms with Crippen molar-refractivity contribution in [2.24, 2.45) is 0 Å². The fourth-order valence-electron chi connectivity index (χ4n) is 2.99. The molecule has 0 unspecified atom stereocenters. The van der Waals surface area contributed by atoms with Crippen LogP contribution in [0.4, 0.5) is 0 Å². The van der Waals surface area contributed by atoms with Gasteiger partial charge in [0.15, 0.2) is 0 Å². The van der Waals surface area contributed by atoms with Gasteiger partial charge in [-0.3, -0.25) is 0 Å². The van der Waals surface area contributed by atoms with E-state index in [1.165, 1.54) is 35.4 Å². The topological polar surface area (TPSA) is 18.5 Å². The van der Waals surface area contributed by atoms with Gasteiger partial charge >= 0.3 is 0 Å². The predicted octanol–water partition coefficient (Wildman–Crippen LogP) is 6.69. The van der Waals surface area contributed by atoms with E-state index in [-0.39, 0.29) is 36.9 Å². The minimum atomic E-state index is -0.944. The Balaban J connectivity index is 0.000000283. The van der Waals surface area contributed by atoms with Crippen molar-refractivity contribution in [3.8, 4) is 0 Å². The normalized spacial score (nSPS) is 10.4. The summed E-state index contributed by atoms with van der Waals surface area (Å²) >= 11 is 5.46. The van der Waals surface area contributed by atoms with E-state index in [1.54, 1.807) is 6.92 Å². The molecule has 0 spiro atoms. The third kappa shape index (κ3) is 11.8. The number of hydrogen-bond acceptors (Lipinski definition) is 2. The zero-order chi connectivity index (χ0) is 25.5. The molecule has 190 valence electrons. The van der Waals surface area contributed by atoms with Gasteiger partial charge in [-0.15, -0.1) is 0 Å². The van der Waals surface area contributed by atoms with E-state index in [0.29, 0.717) is 0 Å². The molecule has 0 bridgehead atoms. The molecule has 0 aromatic heterocycles. The van der Waals surface area contributed by atoms with Crippen molar-refractivity contribution < 1.29 is 30.5 Å². The Hall–Kier alpha value is -1.36. The fraction of sp³-hybridized carbons (Fsp3) is 0.200. The number of methoxy groups -OCH3 is 2. The first kappa shape index (κ1) is 32.7. The van der Waals surface area contributed by atoms with E-state index in [9.17, 15) is 0 Å². The van der Waals surface area contributed by atoms with Crippen LogP contribution in [0, 0.1) is 0 Å². The molecule has 0 aliphatic heterocycles. The van der Waals surface area contributed by atoms with Crippen molar-refractivity contribution in [2.75, 3.05) is 27.5 Å². The van der Waals surface area contributed by atoms with E-state index in [2.05, 4.69) is 144 Å². The van der Waals surface area contributed by atoms with Crippen LogP contribution in [0.1, 0.15) is 6.92 Å². The SMILES string of the molecule is COC(C)(Cl)OC.CP(c1ccccc1)c1ccccc1.CP(c1ccccc1)c1ccccc1.[W]. The van der Waals surface area contributed by atoms with Crippen molar-refractivity contribution in [1.82, 2.24) is 0 Å². The van der Waals surface area contributed by atoms with Crippen LogP contribution in [-0.4, -0.2) is 32.8 Å². The van der Waals surface area contributed by atoms with Gasteiger partial charge in [0.25, 0.3) is 0 Å². The molecule has 4 rings (SSSR count). The molecule has 0 amide bonds. The third-order valence-corrected chi connectivity index (χ3v) is 9.90. The van der Waals surface area contributed by atoms with Crippen molar-refractivity contribution in [2.45, 2.75) is 12.2 Å². The van der Waals surface area contributed by atoms with Crippen LogP contribution in [0.3, 0.4) is 0 Å². The number of ether oxygens (including phenoxy) is 2. The average Bonchev–Trinajstić information content (AvgIpc) is 2.95. The first-order chi connectivity index (χ1) is 16.9. The molecule has 0 aliphatic rings. The molecule has 0 N–H and O–H groups in total. The molecule has 2 nitrogen and oxygen atoms in total. The number of benzene rings is 4. The van der Waals surface area contributed by atoms with E-state index >= 15 is 0 Å². The maximum atomic E-state index is 5.46. The minimum absolute atomic E-state index is 0. The largest absolute Gasteiger partial charge is 0.341 e. The predicted molar refractivity (Wildman–Crippen MR) is 158 cm³/mol. The molecule has 0 atom stereocenters. The monoisotopic (exact) mass is 708 g/mol. The maximum Gasteiger partial charge on any atom is 0.244 e. The Bertz CT molecular complexity index is 903. The standard InChI is InChI=1S/2C13H13P.C4H9ClO2.W/c2*1-14(12-8-4-2-5-9-12)13-10-6-3-7-11-13;1-4(5,6-2)7-3;/h2*2-11H,1H3;1-3H3;. The van der Waals surface area contributed by atoms with E-state index < -0.39 is 5.25 Å². The van der Waals surface area contributed by atoms with Crippen molar-refractivity contribution in [3.05, 3.63) is 121 Å². The zero-order valence-corrected chi connectivity index (χ0v) is 27.0. The zero-order valence-electron chi connectivity index (χ0n) is 21.5. The van der Waals surface area contributed by atoms with Crippen LogP contribution < -0.4 is 21.2 Å². The van der Waals surface area contributed by atoms with Gasteiger partial charge in [0.2, 0.25) is 5.25 Å². The van der Waals surface area contributed by atoms with Crippen LogP contribution in [-0.2, 0) is 30.5 Å². The molecule has 4 aromatic carbocycles. The molecule has 6 heteroatoms. The summed E-state index contributed by atoms with van der Waals surface area (Å²) in [4.78, 5) is 0. The van der Waals surface area contributed by atoms with Crippen LogP contribution in [0.15, 0.2) is 121 Å². The molecule has 36 heavy (non-hydrogen) atoms. The molecule has 0 heterocycles. The molecule has 0 saturated heterocycles. The summed E-state index contributed by atoms with van der Waals surface area (Å²) in [6.07, 6.45) is 0. The van der Waals surface area contributed by atoms with Gasteiger partial charge in [0.1, 0.15) is 0 Å². The van der Waals surface area contributed by atoms with Gasteiger partial charge in [-0.25, -0.2) is 0 Å². The van der Waals surface area contributed by atoms with Gasteiger partial charge in [0, 0.05) is 42.2 Å². The second kappa shape index (κ2) is 18.0. The fourth-order valence-corrected chi connectivity index (χ4v) is 6.06. The van der Waals surface area contributed by atoms with Gasteiger partial charge in [-0.05, 0) is 50.4 Å². The van der Waals surface area contributed by atoms with Crippen LogP contribution >= 0.6 is 27.4 Å². The third-order valence-electron chi connectivity index (χ3n) is 5.30. The van der Waals surface area contributed by atoms with E-state index in [0.717, 1.165) is 0 Å². The van der Waals surface area contributed by atoms with Crippen molar-refractivity contribution >= 4 is 48.7 Å². The first-order valence-electron chi connectivity index (χ1n) is 11.3. The summed E-state index contributed by atoms with van der Waals surface area (Å²) in [5.41, 5.74) is 0. The molecular formula is C30H35ClO2P2W. The Morgan fingerprint density at radius 2 is 0.694 bits per heavy atom. The molecule has 0 radical (unpaired) electrons. The van der Waals surface area contributed by atoms with Gasteiger partial charge in [-0.2, -0.15) is 0 Å². The van der Waals surface area contributed by atoms with Crippen LogP contribution in [0.2, 0.25) is 0 Å². The summed E-state index contributed by atoms with van der Waals surface area (Å²) in [5.74, 6) is 0. The first-order valence-corrected chi connectivity index (χ1v) is 15.3. The smallest absolute Gasteiger partial charge is 0.244 e. The summed E-state index contributed by atoms with van der Waals surface area (Å²) < 4.78 is 9.26. The summed E-state index contributed by atoms with van der Waals surface area (Å²) in [7, 11) is 2.62. The number of hydrogen-bond donors (Lipinski definition) is 0. The summed E-state index contributed by atoms with van der Waals surface area (Å²) in [6.45, 7) is 6.23. The number of halogens is 1. The molecule has 4 aromatic rings. The Morgan fingerprint density at radius 3 is 0.833 bits per heavy atom. The van der Waals surface area contributed by atoms with Crippen molar-refractivity contribution in [3.63, 3.8) is 0 Å². The van der Waals surface area contributed by atoms with Crippen molar-refractivity contribution in [1.29, 1.82) is 0 Å². The minimum Gasteiger partial charge on any atom is -0.341 e. The second-order valence-electron chi connectivity index (χ2n) is 7.70. The molecule has 0 saturated carbocycles. The molecular weight excluding hydrogens is 674 g/mol. The summed E-state index contributed by atoms with van der Waals surface area (Å²) in [6, 6.07) is 42.8. The molecule has 0 fully saturated rings. The quantitative estimate of drug-likeness (QED) is 0.126. The average molecular weight is 709 g/mol. The maximum absolute atomic E-state index is 5.46. The Morgan fingerprint density at radius 1 is 0.500 bits per heavy atom. The van der Waals surface area contributed by atoms with Gasteiger partial charge < -0.3 is 9.47 Å². The van der Waals surface area contributed by atoms with Crippen LogP contribution in [0.25, 0.3) is 0 Å². The van der Waals surface area contributed by atoms with Crippen LogP contribution in [0.5, 0.6) is 0 Å². The number of rotatable bonds is 6. The van der Waals surface area contributed by atoms with E-state index in [4.69, 9.17) is 11.6 Å². The Labute approximate surface area is 239 Å². The van der Waals surface area contributed by atoms with E-state index in [1.807, 2.05) is 0 Å². The Kier molecular flexibility index (Phi) is 16.3. The summed E-state index contributed by atoms with van der Waals surface area (Å²) in [5, 5.41) is 4.81. The van der Waals surface area contributed by atoms with Gasteiger partial charge in [0.05, 0.1) is 0 Å². The molecule has 0 aliphatic carbocycles.